The van der Waals surface area contributed by atoms with E-state index in [2.05, 4.69) is 5.32 Å². The van der Waals surface area contributed by atoms with Crippen LogP contribution in [0.25, 0.3) is 0 Å². The smallest absolute Gasteiger partial charge is 0.320 e. The van der Waals surface area contributed by atoms with E-state index in [4.69, 9.17) is 10.8 Å². The largest absolute Gasteiger partial charge is 0.480 e. The van der Waals surface area contributed by atoms with Crippen LogP contribution in [-0.4, -0.2) is 29.2 Å². The van der Waals surface area contributed by atoms with Crippen molar-refractivity contribution >= 4 is 5.97 Å². The first kappa shape index (κ1) is 10.5. The Bertz CT molecular complexity index is 176. The van der Waals surface area contributed by atoms with Crippen molar-refractivity contribution in [2.45, 2.75) is 50.7 Å². The standard InChI is InChI=1S/C9H18N2O2/c1-6(9(12)13)11-8-4-2-7(10)3-5-8/h6-8,11H,2-5,10H2,1H3,(H,12,13). The van der Waals surface area contributed by atoms with Gasteiger partial charge in [-0.2, -0.15) is 0 Å². The summed E-state index contributed by atoms with van der Waals surface area (Å²) in [4.78, 5) is 10.6. The van der Waals surface area contributed by atoms with Crippen LogP contribution in [0.1, 0.15) is 32.6 Å². The zero-order valence-electron chi connectivity index (χ0n) is 7.99. The van der Waals surface area contributed by atoms with Crippen molar-refractivity contribution in [3.05, 3.63) is 0 Å². The SMILES string of the molecule is CC(NC1CCC(N)CC1)C(=O)O. The third-order valence-corrected chi connectivity index (χ3v) is 2.63. The molecule has 0 heterocycles. The van der Waals surface area contributed by atoms with Gasteiger partial charge in [-0.25, -0.2) is 0 Å². The fourth-order valence-corrected chi connectivity index (χ4v) is 1.71. The monoisotopic (exact) mass is 186 g/mol. The Morgan fingerprint density at radius 1 is 1.46 bits per heavy atom. The Labute approximate surface area is 78.5 Å². The molecule has 0 saturated heterocycles. The third-order valence-electron chi connectivity index (χ3n) is 2.63. The fraction of sp³-hybridized carbons (Fsp3) is 0.889. The summed E-state index contributed by atoms with van der Waals surface area (Å²) in [5.74, 6) is -0.783. The van der Waals surface area contributed by atoms with E-state index >= 15 is 0 Å². The van der Waals surface area contributed by atoms with Gasteiger partial charge in [0, 0.05) is 12.1 Å². The molecular formula is C9H18N2O2. The summed E-state index contributed by atoms with van der Waals surface area (Å²) in [5, 5.41) is 11.8. The molecule has 1 aliphatic carbocycles. The quantitative estimate of drug-likeness (QED) is 0.593. The Morgan fingerprint density at radius 3 is 2.46 bits per heavy atom. The Balaban J connectivity index is 2.26. The first-order chi connectivity index (χ1) is 6.09. The van der Waals surface area contributed by atoms with Gasteiger partial charge in [-0.15, -0.1) is 0 Å². The van der Waals surface area contributed by atoms with E-state index in [1.54, 1.807) is 6.92 Å². The number of nitrogens with two attached hydrogens (primary N) is 1. The zero-order chi connectivity index (χ0) is 9.84. The molecule has 0 aromatic rings. The van der Waals surface area contributed by atoms with Gasteiger partial charge < -0.3 is 16.2 Å². The van der Waals surface area contributed by atoms with Crippen molar-refractivity contribution in [3.8, 4) is 0 Å². The average Bonchev–Trinajstić information content (AvgIpc) is 2.08. The van der Waals surface area contributed by atoms with E-state index in [1.807, 2.05) is 0 Å². The molecule has 1 saturated carbocycles. The van der Waals surface area contributed by atoms with E-state index in [0.29, 0.717) is 12.1 Å². The molecule has 0 amide bonds. The number of hydrogen-bond donors (Lipinski definition) is 3. The van der Waals surface area contributed by atoms with E-state index in [1.165, 1.54) is 0 Å². The molecule has 4 N–H and O–H groups in total. The van der Waals surface area contributed by atoms with Crippen LogP contribution in [0.4, 0.5) is 0 Å². The molecule has 76 valence electrons. The molecule has 1 fully saturated rings. The highest BCUT2D eigenvalue weighted by molar-refractivity contribution is 5.72. The van der Waals surface area contributed by atoms with E-state index in [0.717, 1.165) is 25.7 Å². The highest BCUT2D eigenvalue weighted by Gasteiger charge is 2.21. The Kier molecular flexibility index (Phi) is 3.69. The van der Waals surface area contributed by atoms with Crippen LogP contribution in [0.3, 0.4) is 0 Å². The van der Waals surface area contributed by atoms with Crippen molar-refractivity contribution in [2.24, 2.45) is 5.73 Å². The number of nitrogens with one attached hydrogen (secondary N) is 1. The fourth-order valence-electron chi connectivity index (χ4n) is 1.71. The molecule has 0 bridgehead atoms. The van der Waals surface area contributed by atoms with Crippen LogP contribution in [0, 0.1) is 0 Å². The van der Waals surface area contributed by atoms with Crippen molar-refractivity contribution in [3.63, 3.8) is 0 Å². The summed E-state index contributed by atoms with van der Waals surface area (Å²) < 4.78 is 0. The average molecular weight is 186 g/mol. The number of rotatable bonds is 3. The summed E-state index contributed by atoms with van der Waals surface area (Å²) in [7, 11) is 0. The number of carbonyl (C=O) groups is 1. The summed E-state index contributed by atoms with van der Waals surface area (Å²) in [6, 6.07) is 0.211. The minimum atomic E-state index is -0.783. The maximum atomic E-state index is 10.6. The van der Waals surface area contributed by atoms with Crippen molar-refractivity contribution in [1.82, 2.24) is 5.32 Å². The first-order valence-corrected chi connectivity index (χ1v) is 4.84. The molecule has 1 atom stereocenters. The van der Waals surface area contributed by atoms with E-state index < -0.39 is 12.0 Å². The van der Waals surface area contributed by atoms with Gasteiger partial charge in [0.25, 0.3) is 0 Å². The molecule has 0 aromatic carbocycles. The van der Waals surface area contributed by atoms with Crippen LogP contribution in [0.15, 0.2) is 0 Å². The lowest BCUT2D eigenvalue weighted by atomic mass is 9.91. The normalized spacial score (nSPS) is 31.2. The maximum Gasteiger partial charge on any atom is 0.320 e. The minimum absolute atomic E-state index is 0.318. The second-order valence-corrected chi connectivity index (χ2v) is 3.84. The van der Waals surface area contributed by atoms with Gasteiger partial charge in [-0.1, -0.05) is 0 Å². The highest BCUT2D eigenvalue weighted by Crippen LogP contribution is 2.17. The van der Waals surface area contributed by atoms with Crippen LogP contribution in [0.5, 0.6) is 0 Å². The second kappa shape index (κ2) is 4.58. The van der Waals surface area contributed by atoms with E-state index in [-0.39, 0.29) is 0 Å². The lowest BCUT2D eigenvalue weighted by Gasteiger charge is -2.28. The third kappa shape index (κ3) is 3.32. The predicted octanol–water partition coefficient (Wildman–Crippen LogP) is 0.319. The Morgan fingerprint density at radius 2 is 2.00 bits per heavy atom. The molecule has 4 nitrogen and oxygen atoms in total. The molecule has 1 unspecified atom stereocenters. The van der Waals surface area contributed by atoms with Gasteiger partial charge >= 0.3 is 5.97 Å². The van der Waals surface area contributed by atoms with E-state index in [9.17, 15) is 4.79 Å². The predicted molar refractivity (Wildman–Crippen MR) is 50.5 cm³/mol. The summed E-state index contributed by atoms with van der Waals surface area (Å²) in [6.45, 7) is 1.68. The molecule has 1 aliphatic rings. The first-order valence-electron chi connectivity index (χ1n) is 4.84. The molecule has 0 radical (unpaired) electrons. The van der Waals surface area contributed by atoms with Crippen molar-refractivity contribution < 1.29 is 9.90 Å². The van der Waals surface area contributed by atoms with Gasteiger partial charge in [-0.05, 0) is 32.6 Å². The topological polar surface area (TPSA) is 75.3 Å². The molecule has 0 aliphatic heterocycles. The second-order valence-electron chi connectivity index (χ2n) is 3.84. The maximum absolute atomic E-state index is 10.6. The minimum Gasteiger partial charge on any atom is -0.480 e. The summed E-state index contributed by atoms with van der Waals surface area (Å²) in [5.41, 5.74) is 5.74. The number of carboxylic acid groups (broad SMARTS) is 1. The molecule has 1 rings (SSSR count). The van der Waals surface area contributed by atoms with Gasteiger partial charge in [0.2, 0.25) is 0 Å². The number of carboxylic acids is 1. The molecular weight excluding hydrogens is 168 g/mol. The van der Waals surface area contributed by atoms with Crippen LogP contribution >= 0.6 is 0 Å². The van der Waals surface area contributed by atoms with Gasteiger partial charge in [0.05, 0.1) is 0 Å². The highest BCUT2D eigenvalue weighted by atomic mass is 16.4. The van der Waals surface area contributed by atoms with Crippen molar-refractivity contribution in [2.75, 3.05) is 0 Å². The lowest BCUT2D eigenvalue weighted by molar-refractivity contribution is -0.139. The zero-order valence-corrected chi connectivity index (χ0v) is 7.99. The van der Waals surface area contributed by atoms with Crippen LogP contribution < -0.4 is 11.1 Å². The number of aliphatic carboxylic acids is 1. The number of hydrogen-bond acceptors (Lipinski definition) is 3. The molecule has 13 heavy (non-hydrogen) atoms. The summed E-state index contributed by atoms with van der Waals surface area (Å²) in [6.07, 6.45) is 4.01. The van der Waals surface area contributed by atoms with Gasteiger partial charge in [0.15, 0.2) is 0 Å². The molecule has 0 spiro atoms. The lowest BCUT2D eigenvalue weighted by Crippen LogP contribution is -2.44. The summed E-state index contributed by atoms with van der Waals surface area (Å²) >= 11 is 0. The van der Waals surface area contributed by atoms with Crippen LogP contribution in [0.2, 0.25) is 0 Å². The van der Waals surface area contributed by atoms with Gasteiger partial charge in [0.1, 0.15) is 6.04 Å². The Hall–Kier alpha value is -0.610. The van der Waals surface area contributed by atoms with Gasteiger partial charge in [-0.3, -0.25) is 4.79 Å². The molecule has 0 aromatic heterocycles. The van der Waals surface area contributed by atoms with Crippen molar-refractivity contribution in [1.29, 1.82) is 0 Å². The molecule has 4 heteroatoms. The van der Waals surface area contributed by atoms with Crippen LogP contribution in [-0.2, 0) is 4.79 Å².